The second kappa shape index (κ2) is 4.79. The van der Waals surface area contributed by atoms with E-state index in [1.807, 2.05) is 0 Å². The number of ether oxygens (including phenoxy) is 1. The van der Waals surface area contributed by atoms with E-state index in [2.05, 4.69) is 25.9 Å². The molecule has 1 aromatic heterocycles. The molecule has 17 heavy (non-hydrogen) atoms. The lowest BCUT2D eigenvalue weighted by Gasteiger charge is -2.07. The first kappa shape index (κ1) is 11.3. The van der Waals surface area contributed by atoms with Crippen LogP contribution in [-0.4, -0.2) is 33.6 Å². The van der Waals surface area contributed by atoms with Gasteiger partial charge in [-0.2, -0.15) is 5.21 Å². The van der Waals surface area contributed by atoms with Crippen molar-refractivity contribution < 1.29 is 9.53 Å². The summed E-state index contributed by atoms with van der Waals surface area (Å²) in [7, 11) is 1.46. The van der Waals surface area contributed by atoms with Crippen LogP contribution in [0.15, 0.2) is 18.2 Å². The van der Waals surface area contributed by atoms with E-state index in [1.165, 1.54) is 7.11 Å². The molecule has 0 aliphatic carbocycles. The van der Waals surface area contributed by atoms with Crippen LogP contribution >= 0.6 is 11.6 Å². The largest absolute Gasteiger partial charge is 0.496 e. The Hall–Kier alpha value is -2.15. The van der Waals surface area contributed by atoms with Gasteiger partial charge in [0, 0.05) is 5.02 Å². The fourth-order valence-electron chi connectivity index (χ4n) is 1.24. The highest BCUT2D eigenvalue weighted by atomic mass is 35.5. The molecule has 0 unspecified atom stereocenters. The fraction of sp³-hybridized carbons (Fsp3) is 0.111. The van der Waals surface area contributed by atoms with Gasteiger partial charge in [0.15, 0.2) is 0 Å². The predicted molar refractivity (Wildman–Crippen MR) is 60.1 cm³/mol. The van der Waals surface area contributed by atoms with Gasteiger partial charge in [0.2, 0.25) is 0 Å². The number of hydrogen-bond donors (Lipinski definition) is 2. The predicted octanol–water partition coefficient (Wildman–Crippen LogP) is 1.11. The molecule has 7 nitrogen and oxygen atoms in total. The van der Waals surface area contributed by atoms with Crippen LogP contribution in [0.4, 0.5) is 5.95 Å². The maximum Gasteiger partial charge on any atom is 0.270 e. The normalized spacial score (nSPS) is 10.0. The number of methoxy groups -OCH3 is 1. The highest BCUT2D eigenvalue weighted by Gasteiger charge is 2.14. The Morgan fingerprint density at radius 1 is 1.53 bits per heavy atom. The molecule has 1 heterocycles. The molecule has 1 amide bonds. The van der Waals surface area contributed by atoms with Gasteiger partial charge in [-0.25, -0.2) is 0 Å². The van der Waals surface area contributed by atoms with E-state index in [9.17, 15) is 4.79 Å². The summed E-state index contributed by atoms with van der Waals surface area (Å²) < 4.78 is 5.06. The Morgan fingerprint density at radius 2 is 2.35 bits per heavy atom. The Bertz CT molecular complexity index is 528. The van der Waals surface area contributed by atoms with Crippen molar-refractivity contribution in [1.29, 1.82) is 0 Å². The first-order chi connectivity index (χ1) is 8.20. The molecule has 0 aliphatic rings. The molecular formula is C9H8ClN5O2. The number of anilines is 1. The van der Waals surface area contributed by atoms with Gasteiger partial charge in [-0.15, -0.1) is 5.10 Å². The van der Waals surface area contributed by atoms with Crippen LogP contribution in [0, 0.1) is 0 Å². The molecule has 8 heteroatoms. The molecule has 2 N–H and O–H groups in total. The van der Waals surface area contributed by atoms with Crippen molar-refractivity contribution in [2.45, 2.75) is 0 Å². The first-order valence-electron chi connectivity index (χ1n) is 4.59. The number of aromatic nitrogens is 4. The summed E-state index contributed by atoms with van der Waals surface area (Å²) >= 11 is 5.79. The Morgan fingerprint density at radius 3 is 3.00 bits per heavy atom. The monoisotopic (exact) mass is 253 g/mol. The van der Waals surface area contributed by atoms with Crippen LogP contribution in [-0.2, 0) is 0 Å². The number of aromatic amines is 1. The maximum atomic E-state index is 11.8. The number of carbonyl (C=O) groups excluding carboxylic acids is 1. The molecule has 0 bridgehead atoms. The van der Waals surface area contributed by atoms with Gasteiger partial charge < -0.3 is 4.74 Å². The lowest BCUT2D eigenvalue weighted by molar-refractivity contribution is 0.102. The Kier molecular flexibility index (Phi) is 3.20. The molecule has 2 aromatic rings. The van der Waals surface area contributed by atoms with Crippen LogP contribution in [0.1, 0.15) is 10.4 Å². The van der Waals surface area contributed by atoms with Gasteiger partial charge in [0.25, 0.3) is 11.9 Å². The molecule has 1 aromatic carbocycles. The summed E-state index contributed by atoms with van der Waals surface area (Å²) in [5, 5.41) is 15.7. The number of halogens is 1. The third kappa shape index (κ3) is 2.51. The van der Waals surface area contributed by atoms with Gasteiger partial charge in [-0.1, -0.05) is 16.7 Å². The second-order valence-electron chi connectivity index (χ2n) is 3.03. The van der Waals surface area contributed by atoms with E-state index in [1.54, 1.807) is 18.2 Å². The topological polar surface area (TPSA) is 92.8 Å². The minimum Gasteiger partial charge on any atom is -0.496 e. The third-order valence-electron chi connectivity index (χ3n) is 1.98. The van der Waals surface area contributed by atoms with Gasteiger partial charge in [-0.3, -0.25) is 10.1 Å². The van der Waals surface area contributed by atoms with E-state index in [4.69, 9.17) is 16.3 Å². The highest BCUT2D eigenvalue weighted by molar-refractivity contribution is 6.31. The van der Waals surface area contributed by atoms with Crippen molar-refractivity contribution in [2.75, 3.05) is 12.4 Å². The van der Waals surface area contributed by atoms with Crippen LogP contribution in [0.5, 0.6) is 5.75 Å². The van der Waals surface area contributed by atoms with E-state index in [0.29, 0.717) is 16.3 Å². The molecule has 0 aliphatic heterocycles. The number of tetrazole rings is 1. The SMILES string of the molecule is COc1cc(Cl)ccc1C(=O)Nc1nn[nH]n1. The highest BCUT2D eigenvalue weighted by Crippen LogP contribution is 2.23. The van der Waals surface area contributed by atoms with Crippen LogP contribution < -0.4 is 10.1 Å². The molecule has 0 atom stereocenters. The number of benzene rings is 1. The average molecular weight is 254 g/mol. The lowest BCUT2D eigenvalue weighted by atomic mass is 10.2. The Balaban J connectivity index is 2.24. The molecular weight excluding hydrogens is 246 g/mol. The van der Waals surface area contributed by atoms with Gasteiger partial charge in [0.05, 0.1) is 12.7 Å². The second-order valence-corrected chi connectivity index (χ2v) is 3.47. The van der Waals surface area contributed by atoms with Crippen molar-refractivity contribution in [1.82, 2.24) is 20.6 Å². The first-order valence-corrected chi connectivity index (χ1v) is 4.97. The summed E-state index contributed by atoms with van der Waals surface area (Å²) in [5.74, 6) is 0.0606. The quantitative estimate of drug-likeness (QED) is 0.855. The summed E-state index contributed by atoms with van der Waals surface area (Å²) in [4.78, 5) is 11.8. The molecule has 0 spiro atoms. The molecule has 0 radical (unpaired) electrons. The zero-order chi connectivity index (χ0) is 12.3. The summed E-state index contributed by atoms with van der Waals surface area (Å²) in [6.45, 7) is 0. The summed E-state index contributed by atoms with van der Waals surface area (Å²) in [6.07, 6.45) is 0. The number of carbonyl (C=O) groups is 1. The zero-order valence-electron chi connectivity index (χ0n) is 8.77. The minimum absolute atomic E-state index is 0.0898. The van der Waals surface area contributed by atoms with Crippen LogP contribution in [0.2, 0.25) is 5.02 Å². The van der Waals surface area contributed by atoms with Crippen molar-refractivity contribution in [3.63, 3.8) is 0 Å². The number of nitrogens with zero attached hydrogens (tertiary/aromatic N) is 3. The van der Waals surface area contributed by atoms with Crippen LogP contribution in [0.25, 0.3) is 0 Å². The smallest absolute Gasteiger partial charge is 0.270 e. The lowest BCUT2D eigenvalue weighted by Crippen LogP contribution is -2.14. The van der Waals surface area contributed by atoms with Crippen molar-refractivity contribution in [3.8, 4) is 5.75 Å². The molecule has 2 rings (SSSR count). The number of hydrogen-bond acceptors (Lipinski definition) is 5. The third-order valence-corrected chi connectivity index (χ3v) is 2.21. The number of H-pyrrole nitrogens is 1. The zero-order valence-corrected chi connectivity index (χ0v) is 9.52. The van der Waals surface area contributed by atoms with Gasteiger partial charge >= 0.3 is 0 Å². The average Bonchev–Trinajstić information content (AvgIpc) is 2.81. The molecule has 88 valence electrons. The standard InChI is InChI=1S/C9H8ClN5O2/c1-17-7-4-5(10)2-3-6(7)8(16)11-9-12-14-15-13-9/h2-4H,1H3,(H2,11,12,13,14,15,16). The van der Waals surface area contributed by atoms with Crippen LogP contribution in [0.3, 0.4) is 0 Å². The number of amides is 1. The van der Waals surface area contributed by atoms with E-state index < -0.39 is 5.91 Å². The number of rotatable bonds is 3. The molecule has 0 saturated carbocycles. The van der Waals surface area contributed by atoms with Crippen molar-refractivity contribution in [3.05, 3.63) is 28.8 Å². The fourth-order valence-corrected chi connectivity index (χ4v) is 1.40. The summed E-state index contributed by atoms with van der Waals surface area (Å²) in [5.41, 5.74) is 0.335. The minimum atomic E-state index is -0.403. The maximum absolute atomic E-state index is 11.8. The Labute approximate surface area is 101 Å². The molecule has 0 fully saturated rings. The van der Waals surface area contributed by atoms with E-state index in [-0.39, 0.29) is 5.95 Å². The van der Waals surface area contributed by atoms with E-state index in [0.717, 1.165) is 0 Å². The van der Waals surface area contributed by atoms with Crippen molar-refractivity contribution in [2.24, 2.45) is 0 Å². The number of nitrogens with one attached hydrogen (secondary N) is 2. The summed E-state index contributed by atoms with van der Waals surface area (Å²) in [6, 6.07) is 4.69. The van der Waals surface area contributed by atoms with Gasteiger partial charge in [-0.05, 0) is 23.4 Å². The van der Waals surface area contributed by atoms with E-state index >= 15 is 0 Å². The van der Waals surface area contributed by atoms with Crippen molar-refractivity contribution >= 4 is 23.5 Å². The molecule has 0 saturated heterocycles. The van der Waals surface area contributed by atoms with Gasteiger partial charge in [0.1, 0.15) is 5.75 Å².